The number of ether oxygens (including phenoxy) is 1. The second kappa shape index (κ2) is 5.11. The van der Waals surface area contributed by atoms with Crippen LogP contribution in [0.15, 0.2) is 24.3 Å². The first-order chi connectivity index (χ1) is 7.15. The molecule has 0 saturated heterocycles. The molecule has 0 heterocycles. The monoisotopic (exact) mass is 208 g/mol. The van der Waals surface area contributed by atoms with E-state index in [2.05, 4.69) is 0 Å². The summed E-state index contributed by atoms with van der Waals surface area (Å²) >= 11 is 0. The highest BCUT2D eigenvalue weighted by atomic mass is 16.5. The molecule has 80 valence electrons. The van der Waals surface area contributed by atoms with Crippen LogP contribution in [0.5, 0.6) is 5.75 Å². The van der Waals surface area contributed by atoms with Gasteiger partial charge in [0, 0.05) is 0 Å². The van der Waals surface area contributed by atoms with Gasteiger partial charge in [-0.05, 0) is 12.1 Å². The van der Waals surface area contributed by atoms with Crippen LogP contribution in [0.25, 0.3) is 0 Å². The molecule has 0 aliphatic carbocycles. The quantitative estimate of drug-likeness (QED) is 0.649. The molecule has 0 unspecified atom stereocenters. The molecule has 5 heteroatoms. The first kappa shape index (κ1) is 11.2. The molecule has 0 radical (unpaired) electrons. The van der Waals surface area contributed by atoms with Crippen LogP contribution >= 0.6 is 0 Å². The Hall–Kier alpha value is -1.88. The van der Waals surface area contributed by atoms with Gasteiger partial charge in [-0.3, -0.25) is 9.59 Å². The smallest absolute Gasteiger partial charge is 0.255 e. The minimum Gasteiger partial charge on any atom is -0.483 e. The molecule has 0 bridgehead atoms. The van der Waals surface area contributed by atoms with Gasteiger partial charge in [0.2, 0.25) is 0 Å². The van der Waals surface area contributed by atoms with Crippen molar-refractivity contribution in [1.82, 2.24) is 0 Å². The van der Waals surface area contributed by atoms with Crippen LogP contribution < -0.4 is 16.2 Å². The Labute approximate surface area is 87.0 Å². The van der Waals surface area contributed by atoms with E-state index in [-0.39, 0.29) is 18.9 Å². The third-order valence-electron chi connectivity index (χ3n) is 1.74. The average molecular weight is 208 g/mol. The van der Waals surface area contributed by atoms with Crippen molar-refractivity contribution in [3.05, 3.63) is 29.8 Å². The van der Waals surface area contributed by atoms with Crippen molar-refractivity contribution in [2.45, 2.75) is 0 Å². The number of carbonyl (C=O) groups is 2. The van der Waals surface area contributed by atoms with E-state index < -0.39 is 5.91 Å². The Morgan fingerprint density at radius 3 is 2.53 bits per heavy atom. The molecule has 0 aliphatic rings. The summed E-state index contributed by atoms with van der Waals surface area (Å²) in [6.07, 6.45) is 0. The number of nitrogens with two attached hydrogens (primary N) is 2. The van der Waals surface area contributed by atoms with E-state index in [1.165, 1.54) is 0 Å². The minimum absolute atomic E-state index is 0.100. The summed E-state index contributed by atoms with van der Waals surface area (Å²) < 4.78 is 5.07. The van der Waals surface area contributed by atoms with E-state index in [1.807, 2.05) is 0 Å². The lowest BCUT2D eigenvalue weighted by molar-refractivity contribution is -0.119. The Kier molecular flexibility index (Phi) is 3.82. The van der Waals surface area contributed by atoms with Gasteiger partial charge in [-0.25, -0.2) is 0 Å². The molecule has 0 saturated carbocycles. The predicted molar refractivity (Wildman–Crippen MR) is 54.5 cm³/mol. The summed E-state index contributed by atoms with van der Waals surface area (Å²) in [5.74, 6) is -0.508. The molecular formula is C10H12N2O3. The lowest BCUT2D eigenvalue weighted by Gasteiger charge is -2.07. The summed E-state index contributed by atoms with van der Waals surface area (Å²) in [7, 11) is 0. The molecule has 0 aliphatic heterocycles. The van der Waals surface area contributed by atoms with Crippen LogP contribution in [0, 0.1) is 0 Å². The van der Waals surface area contributed by atoms with Crippen molar-refractivity contribution in [2.75, 3.05) is 13.2 Å². The van der Waals surface area contributed by atoms with Crippen molar-refractivity contribution >= 4 is 11.7 Å². The fraction of sp³-hybridized carbons (Fsp3) is 0.200. The number of Topliss-reactive ketones (excluding diaryl/α,β-unsaturated/α-hetero) is 1. The number of rotatable bonds is 5. The minimum atomic E-state index is -0.593. The Morgan fingerprint density at radius 1 is 1.27 bits per heavy atom. The van der Waals surface area contributed by atoms with E-state index in [1.54, 1.807) is 24.3 Å². The second-order valence-electron chi connectivity index (χ2n) is 2.88. The van der Waals surface area contributed by atoms with Gasteiger partial charge in [0.25, 0.3) is 5.91 Å². The number of amides is 1. The SMILES string of the molecule is NCC(=O)c1ccccc1OCC(N)=O. The normalized spacial score (nSPS) is 9.67. The number of hydrogen-bond donors (Lipinski definition) is 2. The van der Waals surface area contributed by atoms with Crippen LogP contribution in [-0.4, -0.2) is 24.8 Å². The van der Waals surface area contributed by atoms with Crippen LogP contribution in [0.2, 0.25) is 0 Å². The third-order valence-corrected chi connectivity index (χ3v) is 1.74. The highest BCUT2D eigenvalue weighted by Crippen LogP contribution is 2.17. The molecule has 4 N–H and O–H groups in total. The maximum Gasteiger partial charge on any atom is 0.255 e. The van der Waals surface area contributed by atoms with Crippen molar-refractivity contribution in [2.24, 2.45) is 11.5 Å². The number of ketones is 1. The Morgan fingerprint density at radius 2 is 1.93 bits per heavy atom. The number of benzene rings is 1. The molecule has 1 rings (SSSR count). The number of carbonyl (C=O) groups excluding carboxylic acids is 2. The molecule has 1 aromatic carbocycles. The Balaban J connectivity index is 2.86. The lowest BCUT2D eigenvalue weighted by atomic mass is 10.1. The van der Waals surface area contributed by atoms with Gasteiger partial charge in [-0.2, -0.15) is 0 Å². The number of primary amides is 1. The molecule has 0 aromatic heterocycles. The van der Waals surface area contributed by atoms with Gasteiger partial charge in [-0.15, -0.1) is 0 Å². The zero-order valence-electron chi connectivity index (χ0n) is 8.10. The topological polar surface area (TPSA) is 95.4 Å². The van der Waals surface area contributed by atoms with E-state index in [0.29, 0.717) is 11.3 Å². The molecule has 1 aromatic rings. The fourth-order valence-electron chi connectivity index (χ4n) is 1.08. The molecule has 0 atom stereocenters. The summed E-state index contributed by atoms with van der Waals surface area (Å²) in [5, 5.41) is 0. The first-order valence-corrected chi connectivity index (χ1v) is 4.38. The van der Waals surface area contributed by atoms with Gasteiger partial charge in [0.05, 0.1) is 12.1 Å². The molecule has 5 nitrogen and oxygen atoms in total. The number of hydrogen-bond acceptors (Lipinski definition) is 4. The molecule has 15 heavy (non-hydrogen) atoms. The van der Waals surface area contributed by atoms with Gasteiger partial charge in [-0.1, -0.05) is 12.1 Å². The van der Waals surface area contributed by atoms with Gasteiger partial charge < -0.3 is 16.2 Å². The van der Waals surface area contributed by atoms with Gasteiger partial charge >= 0.3 is 0 Å². The maximum absolute atomic E-state index is 11.4. The average Bonchev–Trinajstić information content (AvgIpc) is 2.25. The zero-order chi connectivity index (χ0) is 11.3. The van der Waals surface area contributed by atoms with Crippen LogP contribution in [-0.2, 0) is 4.79 Å². The van der Waals surface area contributed by atoms with Gasteiger partial charge in [0.1, 0.15) is 5.75 Å². The van der Waals surface area contributed by atoms with Crippen LogP contribution in [0.3, 0.4) is 0 Å². The van der Waals surface area contributed by atoms with Crippen LogP contribution in [0.1, 0.15) is 10.4 Å². The second-order valence-corrected chi connectivity index (χ2v) is 2.88. The molecular weight excluding hydrogens is 196 g/mol. The van der Waals surface area contributed by atoms with Crippen molar-refractivity contribution in [3.8, 4) is 5.75 Å². The van der Waals surface area contributed by atoms with Crippen molar-refractivity contribution < 1.29 is 14.3 Å². The fourth-order valence-corrected chi connectivity index (χ4v) is 1.08. The summed E-state index contributed by atoms with van der Waals surface area (Å²) in [6.45, 7) is -0.355. The maximum atomic E-state index is 11.4. The molecule has 1 amide bonds. The highest BCUT2D eigenvalue weighted by molar-refractivity contribution is 6.00. The highest BCUT2D eigenvalue weighted by Gasteiger charge is 2.10. The standard InChI is InChI=1S/C10H12N2O3/c11-5-8(13)7-3-1-2-4-9(7)15-6-10(12)14/h1-4H,5-6,11H2,(H2,12,14). The summed E-state index contributed by atoms with van der Waals surface area (Å²) in [5.41, 5.74) is 10.5. The van der Waals surface area contributed by atoms with E-state index >= 15 is 0 Å². The lowest BCUT2D eigenvalue weighted by Crippen LogP contribution is -2.21. The predicted octanol–water partition coefficient (Wildman–Crippen LogP) is -0.308. The summed E-state index contributed by atoms with van der Waals surface area (Å²) in [6, 6.07) is 6.57. The van der Waals surface area contributed by atoms with Gasteiger partial charge in [0.15, 0.2) is 12.4 Å². The van der Waals surface area contributed by atoms with E-state index in [9.17, 15) is 9.59 Å². The molecule has 0 spiro atoms. The molecule has 0 fully saturated rings. The first-order valence-electron chi connectivity index (χ1n) is 4.38. The number of para-hydroxylation sites is 1. The third kappa shape index (κ3) is 3.07. The van der Waals surface area contributed by atoms with Crippen molar-refractivity contribution in [3.63, 3.8) is 0 Å². The Bertz CT molecular complexity index is 377. The summed E-state index contributed by atoms with van der Waals surface area (Å²) in [4.78, 5) is 21.9. The van der Waals surface area contributed by atoms with E-state index in [0.717, 1.165) is 0 Å². The zero-order valence-corrected chi connectivity index (χ0v) is 8.10. The van der Waals surface area contributed by atoms with Crippen LogP contribution in [0.4, 0.5) is 0 Å². The van der Waals surface area contributed by atoms with Crippen molar-refractivity contribution in [1.29, 1.82) is 0 Å². The van der Waals surface area contributed by atoms with E-state index in [4.69, 9.17) is 16.2 Å². The largest absolute Gasteiger partial charge is 0.483 e.